The maximum atomic E-state index is 2.39. The third-order valence-electron chi connectivity index (χ3n) is 2.17. The van der Waals surface area contributed by atoms with E-state index < -0.39 is 0 Å². The Hall–Kier alpha value is -0.0400. The molecule has 1 aliphatic rings. The van der Waals surface area contributed by atoms with E-state index in [1.165, 1.54) is 25.7 Å². The zero-order valence-electron chi connectivity index (χ0n) is 6.69. The van der Waals surface area contributed by atoms with Crippen molar-refractivity contribution >= 4 is 0 Å². The zero-order valence-corrected chi connectivity index (χ0v) is 6.69. The van der Waals surface area contributed by atoms with Crippen LogP contribution in [0.3, 0.4) is 0 Å². The summed E-state index contributed by atoms with van der Waals surface area (Å²) < 4.78 is 0. The summed E-state index contributed by atoms with van der Waals surface area (Å²) in [4.78, 5) is 0. The first kappa shape index (κ1) is 8.96. The molecule has 0 aromatic carbocycles. The highest BCUT2D eigenvalue weighted by molar-refractivity contribution is 4.77. The van der Waals surface area contributed by atoms with Gasteiger partial charge in [-0.1, -0.05) is 26.7 Å². The van der Waals surface area contributed by atoms with Gasteiger partial charge in [0, 0.05) is 0 Å². The van der Waals surface area contributed by atoms with E-state index in [4.69, 9.17) is 0 Å². The largest absolute Gasteiger partial charge is 0.344 e. The van der Waals surface area contributed by atoms with E-state index in [2.05, 4.69) is 13.8 Å². The molecule has 1 rings (SSSR count). The quantitative estimate of drug-likeness (QED) is 0.624. The van der Waals surface area contributed by atoms with Crippen LogP contribution in [0.4, 0.5) is 0 Å². The lowest BCUT2D eigenvalue weighted by molar-refractivity contribution is 0.464. The van der Waals surface area contributed by atoms with Gasteiger partial charge in [-0.15, -0.1) is 0 Å². The normalized spacial score (nSPS) is 20.7. The van der Waals surface area contributed by atoms with Crippen LogP contribution in [0.5, 0.6) is 0 Å². The topological polar surface area (TPSA) is 35.0 Å². The van der Waals surface area contributed by atoms with E-state index in [1.54, 1.807) is 0 Å². The average Bonchev–Trinajstić information content (AvgIpc) is 2.45. The Morgan fingerprint density at radius 3 is 2.33 bits per heavy atom. The predicted molar refractivity (Wildman–Crippen MR) is 41.8 cm³/mol. The van der Waals surface area contributed by atoms with Crippen molar-refractivity contribution in [3.63, 3.8) is 0 Å². The van der Waals surface area contributed by atoms with E-state index in [0.717, 1.165) is 11.8 Å². The van der Waals surface area contributed by atoms with Crippen LogP contribution < -0.4 is 6.15 Å². The Morgan fingerprint density at radius 2 is 2.00 bits per heavy atom. The molecule has 1 unspecified atom stereocenters. The molecule has 0 amide bonds. The van der Waals surface area contributed by atoms with Crippen LogP contribution in [0.15, 0.2) is 0 Å². The van der Waals surface area contributed by atoms with Crippen LogP contribution in [0.25, 0.3) is 0 Å². The lowest BCUT2D eigenvalue weighted by Gasteiger charge is -2.05. The summed E-state index contributed by atoms with van der Waals surface area (Å²) in [5, 5.41) is 0. The van der Waals surface area contributed by atoms with Gasteiger partial charge in [0.15, 0.2) is 0 Å². The van der Waals surface area contributed by atoms with Gasteiger partial charge >= 0.3 is 0 Å². The monoisotopic (exact) mass is 129 g/mol. The van der Waals surface area contributed by atoms with Gasteiger partial charge in [-0.05, 0) is 24.7 Å². The smallest absolute Gasteiger partial charge is 0.0388 e. The first-order valence-electron chi connectivity index (χ1n) is 3.84. The third-order valence-corrected chi connectivity index (χ3v) is 2.17. The van der Waals surface area contributed by atoms with E-state index in [0.29, 0.717) is 0 Å². The first-order valence-corrected chi connectivity index (χ1v) is 3.84. The molecule has 0 heterocycles. The lowest BCUT2D eigenvalue weighted by Crippen LogP contribution is -1.94. The number of hydrogen-bond acceptors (Lipinski definition) is 1. The van der Waals surface area contributed by atoms with Crippen molar-refractivity contribution in [1.29, 1.82) is 0 Å². The molecule has 0 saturated heterocycles. The van der Waals surface area contributed by atoms with Gasteiger partial charge < -0.3 is 6.15 Å². The SMILES string of the molecule is CCCC(C)C1CC1.N. The molecule has 0 radical (unpaired) electrons. The molecule has 0 aromatic rings. The Morgan fingerprint density at radius 1 is 1.44 bits per heavy atom. The molecule has 3 N–H and O–H groups in total. The molecule has 0 aromatic heterocycles. The second-order valence-electron chi connectivity index (χ2n) is 3.10. The zero-order chi connectivity index (χ0) is 5.98. The molecule has 1 aliphatic carbocycles. The highest BCUT2D eigenvalue weighted by Crippen LogP contribution is 2.38. The molecule has 1 nitrogen and oxygen atoms in total. The highest BCUT2D eigenvalue weighted by Gasteiger charge is 2.26. The summed E-state index contributed by atoms with van der Waals surface area (Å²) in [6.07, 6.45) is 5.85. The van der Waals surface area contributed by atoms with Gasteiger partial charge in [0.05, 0.1) is 0 Å². The van der Waals surface area contributed by atoms with E-state index in [1.807, 2.05) is 0 Å². The maximum absolute atomic E-state index is 2.39. The van der Waals surface area contributed by atoms with Crippen molar-refractivity contribution in [3.8, 4) is 0 Å². The molecule has 56 valence electrons. The fourth-order valence-electron chi connectivity index (χ4n) is 1.36. The Labute approximate surface area is 58.4 Å². The summed E-state index contributed by atoms with van der Waals surface area (Å²) in [6.45, 7) is 4.67. The predicted octanol–water partition coefficient (Wildman–Crippen LogP) is 2.99. The van der Waals surface area contributed by atoms with Gasteiger partial charge in [0.25, 0.3) is 0 Å². The first-order chi connectivity index (χ1) is 3.84. The van der Waals surface area contributed by atoms with Crippen molar-refractivity contribution in [2.24, 2.45) is 11.8 Å². The van der Waals surface area contributed by atoms with Crippen molar-refractivity contribution < 1.29 is 0 Å². The minimum atomic E-state index is 0. The summed E-state index contributed by atoms with van der Waals surface area (Å²) in [7, 11) is 0. The van der Waals surface area contributed by atoms with E-state index >= 15 is 0 Å². The second-order valence-corrected chi connectivity index (χ2v) is 3.10. The van der Waals surface area contributed by atoms with Crippen LogP contribution in [0.1, 0.15) is 39.5 Å². The molecule has 0 spiro atoms. The number of rotatable bonds is 3. The van der Waals surface area contributed by atoms with Gasteiger partial charge in [0.2, 0.25) is 0 Å². The average molecular weight is 129 g/mol. The van der Waals surface area contributed by atoms with Crippen LogP contribution in [-0.4, -0.2) is 0 Å². The molecular formula is C8H19N. The highest BCUT2D eigenvalue weighted by atomic mass is 14.3. The summed E-state index contributed by atoms with van der Waals surface area (Å²) >= 11 is 0. The number of hydrogen-bond donors (Lipinski definition) is 1. The lowest BCUT2D eigenvalue weighted by atomic mass is 10.0. The molecule has 1 heteroatoms. The third kappa shape index (κ3) is 2.85. The standard InChI is InChI=1S/C8H16.H3N/c1-3-4-7(2)8-5-6-8;/h7-8H,3-6H2,1-2H3;1H3. The van der Waals surface area contributed by atoms with Crippen LogP contribution in [0.2, 0.25) is 0 Å². The molecule has 0 aliphatic heterocycles. The van der Waals surface area contributed by atoms with Gasteiger partial charge in [-0.25, -0.2) is 0 Å². The molecule has 0 bridgehead atoms. The van der Waals surface area contributed by atoms with Crippen LogP contribution >= 0.6 is 0 Å². The summed E-state index contributed by atoms with van der Waals surface area (Å²) in [6, 6.07) is 0. The second kappa shape index (κ2) is 3.89. The van der Waals surface area contributed by atoms with Crippen LogP contribution in [0, 0.1) is 11.8 Å². The fourth-order valence-corrected chi connectivity index (χ4v) is 1.36. The molecule has 1 fully saturated rings. The van der Waals surface area contributed by atoms with Crippen molar-refractivity contribution in [2.45, 2.75) is 39.5 Å². The Kier molecular flexibility index (Phi) is 3.87. The van der Waals surface area contributed by atoms with Crippen molar-refractivity contribution in [1.82, 2.24) is 6.15 Å². The van der Waals surface area contributed by atoms with E-state index in [-0.39, 0.29) is 6.15 Å². The Balaban J connectivity index is 0.000000640. The summed E-state index contributed by atoms with van der Waals surface area (Å²) in [5.41, 5.74) is 0. The van der Waals surface area contributed by atoms with Crippen LogP contribution in [-0.2, 0) is 0 Å². The van der Waals surface area contributed by atoms with Gasteiger partial charge in [0.1, 0.15) is 0 Å². The summed E-state index contributed by atoms with van der Waals surface area (Å²) in [5.74, 6) is 2.15. The fraction of sp³-hybridized carbons (Fsp3) is 1.00. The van der Waals surface area contributed by atoms with Gasteiger partial charge in [-0.2, -0.15) is 0 Å². The van der Waals surface area contributed by atoms with Gasteiger partial charge in [-0.3, -0.25) is 0 Å². The minimum Gasteiger partial charge on any atom is -0.344 e. The molecule has 1 atom stereocenters. The van der Waals surface area contributed by atoms with E-state index in [9.17, 15) is 0 Å². The van der Waals surface area contributed by atoms with Crippen molar-refractivity contribution in [3.05, 3.63) is 0 Å². The minimum absolute atomic E-state index is 0. The van der Waals surface area contributed by atoms with Crippen molar-refractivity contribution in [2.75, 3.05) is 0 Å². The molecule has 9 heavy (non-hydrogen) atoms. The molecule has 1 saturated carbocycles. The molecular weight excluding hydrogens is 110 g/mol. The maximum Gasteiger partial charge on any atom is -0.0388 e. The Bertz CT molecular complexity index is 67.0.